The van der Waals surface area contributed by atoms with Gasteiger partial charge in [-0.2, -0.15) is 0 Å². The minimum absolute atomic E-state index is 0.0389. The highest BCUT2D eigenvalue weighted by Gasteiger charge is 2.14. The third kappa shape index (κ3) is 5.25. The molecule has 0 spiro atoms. The Labute approximate surface area is 137 Å². The van der Waals surface area contributed by atoms with E-state index in [-0.39, 0.29) is 18.4 Å². The predicted octanol–water partition coefficient (Wildman–Crippen LogP) is 3.29. The molecule has 2 aromatic carbocycles. The zero-order valence-electron chi connectivity index (χ0n) is 13.8. The maximum absolute atomic E-state index is 12.2. The molecule has 0 fully saturated rings. The second kappa shape index (κ2) is 7.58. The molecule has 4 heteroatoms. The minimum atomic E-state index is -0.193. The van der Waals surface area contributed by atoms with Crippen LogP contribution in [0.3, 0.4) is 0 Å². The van der Waals surface area contributed by atoms with Crippen LogP contribution in [-0.4, -0.2) is 23.3 Å². The van der Waals surface area contributed by atoms with Gasteiger partial charge in [-0.05, 0) is 42.7 Å². The molecule has 0 saturated carbocycles. The molecule has 0 aliphatic carbocycles. The first-order valence-corrected chi connectivity index (χ1v) is 7.61. The zero-order valence-corrected chi connectivity index (χ0v) is 13.8. The van der Waals surface area contributed by atoms with Crippen molar-refractivity contribution in [1.29, 1.82) is 0 Å². The van der Waals surface area contributed by atoms with Gasteiger partial charge in [0.15, 0.2) is 0 Å². The van der Waals surface area contributed by atoms with Crippen LogP contribution in [0.1, 0.15) is 23.6 Å². The number of nitrogens with one attached hydrogen (secondary N) is 1. The average Bonchev–Trinajstić information content (AvgIpc) is 2.46. The van der Waals surface area contributed by atoms with Crippen molar-refractivity contribution in [1.82, 2.24) is 4.90 Å². The van der Waals surface area contributed by atoms with Crippen molar-refractivity contribution < 1.29 is 9.59 Å². The molecule has 1 N–H and O–H groups in total. The summed E-state index contributed by atoms with van der Waals surface area (Å²) >= 11 is 0. The van der Waals surface area contributed by atoms with E-state index in [1.807, 2.05) is 62.4 Å². The number of carbonyl (C=O) groups excluding carboxylic acids is 2. The van der Waals surface area contributed by atoms with Crippen molar-refractivity contribution in [3.05, 3.63) is 65.2 Å². The molecule has 0 saturated heterocycles. The Morgan fingerprint density at radius 3 is 2.17 bits per heavy atom. The second-order valence-corrected chi connectivity index (χ2v) is 5.79. The van der Waals surface area contributed by atoms with Gasteiger partial charge in [0.25, 0.3) is 0 Å². The van der Waals surface area contributed by atoms with Gasteiger partial charge in [0.05, 0.1) is 0 Å². The molecule has 23 heavy (non-hydrogen) atoms. The third-order valence-electron chi connectivity index (χ3n) is 3.50. The Morgan fingerprint density at radius 1 is 1.00 bits per heavy atom. The molecule has 0 heterocycles. The number of hydrogen-bond acceptors (Lipinski definition) is 2. The number of rotatable bonds is 5. The summed E-state index contributed by atoms with van der Waals surface area (Å²) in [6.07, 6.45) is 0. The topological polar surface area (TPSA) is 49.4 Å². The maximum atomic E-state index is 12.2. The Kier molecular flexibility index (Phi) is 5.52. The van der Waals surface area contributed by atoms with E-state index in [4.69, 9.17) is 0 Å². The van der Waals surface area contributed by atoms with E-state index in [0.717, 1.165) is 22.4 Å². The van der Waals surface area contributed by atoms with E-state index in [1.165, 1.54) is 11.8 Å². The van der Waals surface area contributed by atoms with Gasteiger partial charge >= 0.3 is 0 Å². The Morgan fingerprint density at radius 2 is 1.61 bits per heavy atom. The van der Waals surface area contributed by atoms with Crippen molar-refractivity contribution in [3.63, 3.8) is 0 Å². The smallest absolute Gasteiger partial charge is 0.244 e. The van der Waals surface area contributed by atoms with Gasteiger partial charge in [-0.25, -0.2) is 0 Å². The fraction of sp³-hybridized carbons (Fsp3) is 0.263. The molecule has 0 unspecified atom stereocenters. The predicted molar refractivity (Wildman–Crippen MR) is 92.1 cm³/mol. The lowest BCUT2D eigenvalue weighted by atomic mass is 10.1. The normalized spacial score (nSPS) is 10.2. The summed E-state index contributed by atoms with van der Waals surface area (Å²) < 4.78 is 0. The molecular formula is C19H22N2O2. The van der Waals surface area contributed by atoms with E-state index in [9.17, 15) is 9.59 Å². The van der Waals surface area contributed by atoms with Gasteiger partial charge in [0.1, 0.15) is 6.54 Å². The number of anilines is 1. The minimum Gasteiger partial charge on any atom is -0.329 e. The molecule has 0 atom stereocenters. The zero-order chi connectivity index (χ0) is 16.8. The molecule has 0 aliphatic heterocycles. The van der Waals surface area contributed by atoms with Crippen LogP contribution in [0.25, 0.3) is 0 Å². The van der Waals surface area contributed by atoms with Crippen LogP contribution in [0.2, 0.25) is 0 Å². The van der Waals surface area contributed by atoms with Crippen molar-refractivity contribution in [3.8, 4) is 0 Å². The Balaban J connectivity index is 2.02. The highest BCUT2D eigenvalue weighted by molar-refractivity contribution is 5.94. The lowest BCUT2D eigenvalue weighted by Crippen LogP contribution is -2.36. The first-order valence-electron chi connectivity index (χ1n) is 7.61. The highest BCUT2D eigenvalue weighted by atomic mass is 16.2. The molecule has 4 nitrogen and oxygen atoms in total. The number of amides is 2. The Hall–Kier alpha value is -2.62. The molecule has 0 radical (unpaired) electrons. The fourth-order valence-corrected chi connectivity index (χ4v) is 2.50. The first-order chi connectivity index (χ1) is 10.9. The number of aryl methyl sites for hydroxylation is 2. The summed E-state index contributed by atoms with van der Waals surface area (Å²) in [6.45, 7) is 5.92. The summed E-state index contributed by atoms with van der Waals surface area (Å²) in [6, 6.07) is 15.5. The highest BCUT2D eigenvalue weighted by Crippen LogP contribution is 2.14. The summed E-state index contributed by atoms with van der Waals surface area (Å²) in [5, 5.41) is 2.86. The SMILES string of the molecule is CC(=O)N(CC(=O)Nc1cc(C)cc(C)c1)Cc1ccccc1. The third-order valence-corrected chi connectivity index (χ3v) is 3.50. The van der Waals surface area contributed by atoms with Gasteiger partial charge in [-0.1, -0.05) is 36.4 Å². The van der Waals surface area contributed by atoms with Crippen LogP contribution in [0.5, 0.6) is 0 Å². The van der Waals surface area contributed by atoms with E-state index in [2.05, 4.69) is 5.32 Å². The van der Waals surface area contributed by atoms with Gasteiger partial charge in [-0.15, -0.1) is 0 Å². The van der Waals surface area contributed by atoms with Crippen molar-refractivity contribution in [2.24, 2.45) is 0 Å². The van der Waals surface area contributed by atoms with Crippen LogP contribution < -0.4 is 5.32 Å². The first kappa shape index (κ1) is 16.7. The van der Waals surface area contributed by atoms with E-state index < -0.39 is 0 Å². The molecule has 0 bridgehead atoms. The number of carbonyl (C=O) groups is 2. The summed E-state index contributed by atoms with van der Waals surface area (Å²) in [7, 11) is 0. The quantitative estimate of drug-likeness (QED) is 0.921. The molecule has 0 aliphatic rings. The molecule has 2 amide bonds. The van der Waals surface area contributed by atoms with Crippen LogP contribution >= 0.6 is 0 Å². The molecule has 0 aromatic heterocycles. The van der Waals surface area contributed by atoms with Crippen LogP contribution in [0, 0.1) is 13.8 Å². The van der Waals surface area contributed by atoms with Crippen molar-refractivity contribution in [2.75, 3.05) is 11.9 Å². The largest absolute Gasteiger partial charge is 0.329 e. The summed E-state index contributed by atoms with van der Waals surface area (Å²) in [5.41, 5.74) is 3.94. The van der Waals surface area contributed by atoms with E-state index >= 15 is 0 Å². The van der Waals surface area contributed by atoms with E-state index in [0.29, 0.717) is 6.54 Å². The molecule has 2 rings (SSSR count). The standard InChI is InChI=1S/C19H22N2O2/c1-14-9-15(2)11-18(10-14)20-19(23)13-21(16(3)22)12-17-7-5-4-6-8-17/h4-11H,12-13H2,1-3H3,(H,20,23). The fourth-order valence-electron chi connectivity index (χ4n) is 2.50. The van der Waals surface area contributed by atoms with Crippen LogP contribution in [0.4, 0.5) is 5.69 Å². The second-order valence-electron chi connectivity index (χ2n) is 5.79. The van der Waals surface area contributed by atoms with Gasteiger partial charge in [0, 0.05) is 19.2 Å². The summed E-state index contributed by atoms with van der Waals surface area (Å²) in [4.78, 5) is 25.6. The number of benzene rings is 2. The Bertz CT molecular complexity index is 676. The van der Waals surface area contributed by atoms with Crippen LogP contribution in [-0.2, 0) is 16.1 Å². The molecule has 2 aromatic rings. The lowest BCUT2D eigenvalue weighted by molar-refractivity contribution is -0.133. The van der Waals surface area contributed by atoms with Gasteiger partial charge in [-0.3, -0.25) is 9.59 Å². The maximum Gasteiger partial charge on any atom is 0.244 e. The average molecular weight is 310 g/mol. The van der Waals surface area contributed by atoms with E-state index in [1.54, 1.807) is 0 Å². The summed E-state index contributed by atoms with van der Waals surface area (Å²) in [5.74, 6) is -0.314. The molecule has 120 valence electrons. The molecular weight excluding hydrogens is 288 g/mol. The number of hydrogen-bond donors (Lipinski definition) is 1. The van der Waals surface area contributed by atoms with Crippen molar-refractivity contribution in [2.45, 2.75) is 27.3 Å². The van der Waals surface area contributed by atoms with Gasteiger partial charge < -0.3 is 10.2 Å². The van der Waals surface area contributed by atoms with Crippen molar-refractivity contribution >= 4 is 17.5 Å². The monoisotopic (exact) mass is 310 g/mol. The number of nitrogens with zero attached hydrogens (tertiary/aromatic N) is 1. The van der Waals surface area contributed by atoms with Crippen LogP contribution in [0.15, 0.2) is 48.5 Å². The lowest BCUT2D eigenvalue weighted by Gasteiger charge is -2.20. The van der Waals surface area contributed by atoms with Gasteiger partial charge in [0.2, 0.25) is 11.8 Å².